The third kappa shape index (κ3) is 6.74. The summed E-state index contributed by atoms with van der Waals surface area (Å²) < 4.78 is 13.6. The number of hydrogen-bond acceptors (Lipinski definition) is 6. The second-order valence-corrected chi connectivity index (χ2v) is 7.32. The molecule has 156 valence electrons. The Labute approximate surface area is 172 Å². The van der Waals surface area contributed by atoms with Crippen molar-refractivity contribution in [2.24, 2.45) is 0 Å². The molecule has 1 saturated heterocycles. The van der Waals surface area contributed by atoms with Crippen LogP contribution >= 0.6 is 11.3 Å². The molecule has 1 aliphatic heterocycles. The van der Waals surface area contributed by atoms with E-state index in [-0.39, 0.29) is 18.9 Å². The number of piperidine rings is 1. The molecule has 1 aromatic carbocycles. The van der Waals surface area contributed by atoms with Gasteiger partial charge in [0.25, 0.3) is 0 Å². The normalized spacial score (nSPS) is 14.8. The van der Waals surface area contributed by atoms with Crippen LogP contribution in [0.25, 0.3) is 10.2 Å². The number of aromatic nitrogens is 2. The number of rotatable bonds is 2. The Balaban J connectivity index is 0.000000317. The van der Waals surface area contributed by atoms with E-state index >= 15 is 0 Å². The molecular formula is C20H25FN4O3S. The molecule has 1 fully saturated rings. The maximum absolute atomic E-state index is 12.7. The highest BCUT2D eigenvalue weighted by atomic mass is 32.1. The predicted octanol–water partition coefficient (Wildman–Crippen LogP) is 3.31. The summed E-state index contributed by atoms with van der Waals surface area (Å²) in [7, 11) is 1.00. The number of pyridine rings is 1. The van der Waals surface area contributed by atoms with Crippen molar-refractivity contribution in [2.45, 2.75) is 18.4 Å². The van der Waals surface area contributed by atoms with Crippen molar-refractivity contribution in [3.05, 3.63) is 54.9 Å². The van der Waals surface area contributed by atoms with Gasteiger partial charge in [-0.1, -0.05) is 47.7 Å². The van der Waals surface area contributed by atoms with Gasteiger partial charge < -0.3 is 15.1 Å². The van der Waals surface area contributed by atoms with Crippen LogP contribution in [0.2, 0.25) is 0 Å². The number of nitrogens with zero attached hydrogens (tertiary/aromatic N) is 3. The van der Waals surface area contributed by atoms with Gasteiger partial charge in [0.2, 0.25) is 0 Å². The fraction of sp³-hybridized carbons (Fsp3) is 0.350. The fourth-order valence-corrected chi connectivity index (χ4v) is 3.47. The number of carbonyl (C=O) groups is 1. The summed E-state index contributed by atoms with van der Waals surface area (Å²) in [6.45, 7) is -0.106. The Kier molecular flexibility index (Phi) is 8.91. The second kappa shape index (κ2) is 11.4. The van der Waals surface area contributed by atoms with Crippen molar-refractivity contribution in [3.63, 3.8) is 0 Å². The van der Waals surface area contributed by atoms with Gasteiger partial charge in [-0.3, -0.25) is 10.3 Å². The molecule has 7 nitrogen and oxygen atoms in total. The maximum Gasteiger partial charge on any atom is 0.323 e. The highest BCUT2D eigenvalue weighted by molar-refractivity contribution is 7.22. The van der Waals surface area contributed by atoms with Gasteiger partial charge in [0, 0.05) is 26.4 Å². The van der Waals surface area contributed by atoms with Gasteiger partial charge in [0.15, 0.2) is 5.13 Å². The van der Waals surface area contributed by atoms with Crippen molar-refractivity contribution in [2.75, 3.05) is 32.2 Å². The molecule has 0 unspecified atom stereocenters. The third-order valence-corrected chi connectivity index (χ3v) is 5.25. The zero-order valence-corrected chi connectivity index (χ0v) is 17.0. The van der Waals surface area contributed by atoms with Crippen LogP contribution in [0.5, 0.6) is 0 Å². The molecule has 0 spiro atoms. The molecular weight excluding hydrogens is 395 g/mol. The first-order valence-electron chi connectivity index (χ1n) is 9.09. The number of carbonyl (C=O) groups excluding carboxylic acids is 1. The molecule has 0 aliphatic carbocycles. The molecule has 0 radical (unpaired) electrons. The minimum absolute atomic E-state index is 0.251. The topological polar surface area (TPSA) is 98.6 Å². The van der Waals surface area contributed by atoms with Crippen molar-refractivity contribution >= 4 is 32.7 Å². The number of halogens is 1. The van der Waals surface area contributed by atoms with Gasteiger partial charge in [0.05, 0.1) is 16.5 Å². The van der Waals surface area contributed by atoms with Crippen molar-refractivity contribution in [1.82, 2.24) is 14.9 Å². The lowest BCUT2D eigenvalue weighted by Gasteiger charge is -2.36. The van der Waals surface area contributed by atoms with E-state index < -0.39 is 12.3 Å². The Morgan fingerprint density at radius 2 is 1.79 bits per heavy atom. The van der Waals surface area contributed by atoms with E-state index in [0.717, 1.165) is 17.3 Å². The summed E-state index contributed by atoms with van der Waals surface area (Å²) in [5.41, 5.74) is -0.540. The molecule has 3 aromatic rings. The summed E-state index contributed by atoms with van der Waals surface area (Å²) >= 11 is 1.37. The summed E-state index contributed by atoms with van der Waals surface area (Å²) in [5, 5.41) is 20.1. The second-order valence-electron chi connectivity index (χ2n) is 6.29. The molecule has 3 heterocycles. The highest BCUT2D eigenvalue weighted by Gasteiger charge is 2.34. The monoisotopic (exact) mass is 420 g/mol. The Morgan fingerprint density at radius 3 is 2.31 bits per heavy atom. The Bertz CT molecular complexity index is 811. The van der Waals surface area contributed by atoms with E-state index in [0.29, 0.717) is 18.2 Å². The minimum atomic E-state index is -1.28. The molecule has 9 heteroatoms. The first-order chi connectivity index (χ1) is 14.1. The number of thiazole rings is 1. The van der Waals surface area contributed by atoms with Gasteiger partial charge in [-0.2, -0.15) is 0 Å². The number of hydrogen-bond donors (Lipinski definition) is 3. The van der Waals surface area contributed by atoms with Crippen LogP contribution in [-0.4, -0.2) is 63.6 Å². The highest BCUT2D eigenvalue weighted by Crippen LogP contribution is 2.26. The Morgan fingerprint density at radius 1 is 1.21 bits per heavy atom. The number of urea groups is 1. The molecule has 0 bridgehead atoms. The van der Waals surface area contributed by atoms with Crippen LogP contribution in [0.3, 0.4) is 0 Å². The zero-order valence-electron chi connectivity index (χ0n) is 16.2. The number of alkyl halides is 1. The molecule has 4 rings (SSSR count). The van der Waals surface area contributed by atoms with Gasteiger partial charge in [-0.15, -0.1) is 0 Å². The first kappa shape index (κ1) is 22.7. The summed E-state index contributed by atoms with van der Waals surface area (Å²) in [4.78, 5) is 22.0. The fourth-order valence-electron chi connectivity index (χ4n) is 2.65. The number of fused-ring (bicyclic) bond motifs is 1. The summed E-state index contributed by atoms with van der Waals surface area (Å²) in [5.74, 6) is 0. The molecule has 29 heavy (non-hydrogen) atoms. The van der Waals surface area contributed by atoms with E-state index in [1.807, 2.05) is 42.5 Å². The molecule has 0 saturated carbocycles. The number of anilines is 1. The van der Waals surface area contributed by atoms with E-state index in [2.05, 4.69) is 15.3 Å². The smallest absolute Gasteiger partial charge is 0.323 e. The van der Waals surface area contributed by atoms with Crippen LogP contribution in [0, 0.1) is 0 Å². The quantitative estimate of drug-likeness (QED) is 0.591. The number of benzene rings is 1. The van der Waals surface area contributed by atoms with E-state index in [1.54, 1.807) is 17.3 Å². The summed E-state index contributed by atoms with van der Waals surface area (Å²) in [6, 6.07) is 13.6. The summed E-state index contributed by atoms with van der Waals surface area (Å²) in [6.07, 6.45) is 3.82. The Hall–Kier alpha value is -2.62. The SMILES string of the molecule is CO.O=C(Nc1nc2cnccc2s1)N1CCC(O)(CF)CC1.c1ccccc1. The van der Waals surface area contributed by atoms with Crippen molar-refractivity contribution < 1.29 is 19.4 Å². The molecule has 2 amide bonds. The number of aliphatic hydroxyl groups excluding tert-OH is 1. The lowest BCUT2D eigenvalue weighted by atomic mass is 9.93. The van der Waals surface area contributed by atoms with Gasteiger partial charge in [-0.25, -0.2) is 14.2 Å². The van der Waals surface area contributed by atoms with Crippen molar-refractivity contribution in [1.29, 1.82) is 0 Å². The van der Waals surface area contributed by atoms with E-state index in [4.69, 9.17) is 5.11 Å². The lowest BCUT2D eigenvalue weighted by molar-refractivity contribution is -0.0293. The van der Waals surface area contributed by atoms with Crippen LogP contribution in [0.4, 0.5) is 14.3 Å². The van der Waals surface area contributed by atoms with E-state index in [1.165, 1.54) is 11.3 Å². The molecule has 1 aliphatic rings. The zero-order chi connectivity index (χ0) is 21.1. The largest absolute Gasteiger partial charge is 0.400 e. The third-order valence-electron chi connectivity index (χ3n) is 4.30. The lowest BCUT2D eigenvalue weighted by Crippen LogP contribution is -2.49. The average Bonchev–Trinajstić information content (AvgIpc) is 3.19. The number of aliphatic hydroxyl groups is 2. The van der Waals surface area contributed by atoms with E-state index in [9.17, 15) is 14.3 Å². The molecule has 0 atom stereocenters. The average molecular weight is 421 g/mol. The maximum atomic E-state index is 12.7. The minimum Gasteiger partial charge on any atom is -0.400 e. The van der Waals surface area contributed by atoms with Gasteiger partial charge in [-0.05, 0) is 18.9 Å². The van der Waals surface area contributed by atoms with Crippen LogP contribution in [0.1, 0.15) is 12.8 Å². The van der Waals surface area contributed by atoms with Crippen LogP contribution in [0.15, 0.2) is 54.9 Å². The number of amides is 2. The standard InChI is InChI=1S/C13H15FN4O2S.C6H6.CH4O/c14-8-13(20)2-5-18(6-3-13)12(19)17-11-16-9-7-15-4-1-10(9)21-11;1-2-4-6-5-3-1;1-2/h1,4,7,20H,2-3,5-6,8H2,(H,16,17,19);1-6H;2H,1H3. The van der Waals surface area contributed by atoms with Gasteiger partial charge >= 0.3 is 6.03 Å². The van der Waals surface area contributed by atoms with Crippen molar-refractivity contribution in [3.8, 4) is 0 Å². The van der Waals surface area contributed by atoms with Crippen LogP contribution in [-0.2, 0) is 0 Å². The predicted molar refractivity (Wildman–Crippen MR) is 113 cm³/mol. The number of nitrogens with one attached hydrogen (secondary N) is 1. The first-order valence-corrected chi connectivity index (χ1v) is 9.91. The molecule has 2 aromatic heterocycles. The number of likely N-dealkylation sites (tertiary alicyclic amines) is 1. The van der Waals surface area contributed by atoms with Crippen LogP contribution < -0.4 is 5.32 Å². The molecule has 3 N–H and O–H groups in total. The van der Waals surface area contributed by atoms with Gasteiger partial charge in [0.1, 0.15) is 12.2 Å².